The Labute approximate surface area is 67.8 Å². The SMILES string of the molecule is CCc1nc(Br)cnc1N. The van der Waals surface area contributed by atoms with Crippen LogP contribution in [0.4, 0.5) is 5.82 Å². The number of rotatable bonds is 1. The van der Waals surface area contributed by atoms with Gasteiger partial charge in [0.2, 0.25) is 0 Å². The zero-order valence-electron chi connectivity index (χ0n) is 5.63. The Morgan fingerprint density at radius 2 is 2.40 bits per heavy atom. The smallest absolute Gasteiger partial charge is 0.145 e. The lowest BCUT2D eigenvalue weighted by atomic mass is 10.3. The number of hydrogen-bond donors (Lipinski definition) is 1. The highest BCUT2D eigenvalue weighted by Gasteiger charge is 1.98. The minimum Gasteiger partial charge on any atom is -0.382 e. The second-order valence-electron chi connectivity index (χ2n) is 1.88. The number of aryl methyl sites for hydroxylation is 1. The summed E-state index contributed by atoms with van der Waals surface area (Å²) >= 11 is 3.21. The number of anilines is 1. The minimum absolute atomic E-state index is 0.519. The van der Waals surface area contributed by atoms with Gasteiger partial charge < -0.3 is 5.73 Å². The van der Waals surface area contributed by atoms with Crippen LogP contribution in [0.1, 0.15) is 12.6 Å². The third kappa shape index (κ3) is 1.44. The van der Waals surface area contributed by atoms with Crippen molar-refractivity contribution in [3.63, 3.8) is 0 Å². The number of hydrogen-bond acceptors (Lipinski definition) is 3. The van der Waals surface area contributed by atoms with Crippen molar-refractivity contribution < 1.29 is 0 Å². The van der Waals surface area contributed by atoms with Crippen molar-refractivity contribution in [2.24, 2.45) is 0 Å². The van der Waals surface area contributed by atoms with E-state index in [1.165, 1.54) is 0 Å². The molecule has 0 aliphatic rings. The second kappa shape index (κ2) is 2.96. The number of halogens is 1. The quantitative estimate of drug-likeness (QED) is 0.748. The molecule has 4 heteroatoms. The molecule has 10 heavy (non-hydrogen) atoms. The average molecular weight is 202 g/mol. The zero-order chi connectivity index (χ0) is 7.56. The summed E-state index contributed by atoms with van der Waals surface area (Å²) in [4.78, 5) is 8.04. The maximum absolute atomic E-state index is 5.51. The summed E-state index contributed by atoms with van der Waals surface area (Å²) < 4.78 is 0.735. The molecule has 1 heterocycles. The maximum atomic E-state index is 5.51. The molecule has 0 aromatic carbocycles. The Morgan fingerprint density at radius 3 is 2.90 bits per heavy atom. The van der Waals surface area contributed by atoms with Crippen LogP contribution in [-0.2, 0) is 6.42 Å². The van der Waals surface area contributed by atoms with E-state index in [1.807, 2.05) is 6.92 Å². The van der Waals surface area contributed by atoms with Gasteiger partial charge in [-0.3, -0.25) is 0 Å². The van der Waals surface area contributed by atoms with Crippen LogP contribution >= 0.6 is 15.9 Å². The van der Waals surface area contributed by atoms with Crippen LogP contribution in [0, 0.1) is 0 Å². The minimum atomic E-state index is 0.519. The van der Waals surface area contributed by atoms with Gasteiger partial charge in [-0.1, -0.05) is 6.92 Å². The van der Waals surface area contributed by atoms with Crippen molar-refractivity contribution >= 4 is 21.7 Å². The van der Waals surface area contributed by atoms with Gasteiger partial charge in [0.05, 0.1) is 11.9 Å². The third-order valence-electron chi connectivity index (χ3n) is 1.18. The van der Waals surface area contributed by atoms with E-state index in [-0.39, 0.29) is 0 Å². The molecule has 2 N–H and O–H groups in total. The average Bonchev–Trinajstić information content (AvgIpc) is 1.94. The van der Waals surface area contributed by atoms with Crippen molar-refractivity contribution in [2.75, 3.05) is 5.73 Å². The molecule has 0 unspecified atom stereocenters. The highest BCUT2D eigenvalue weighted by atomic mass is 79.9. The van der Waals surface area contributed by atoms with Crippen molar-refractivity contribution in [3.8, 4) is 0 Å². The lowest BCUT2D eigenvalue weighted by Gasteiger charge is -1.98. The molecule has 1 aromatic rings. The summed E-state index contributed by atoms with van der Waals surface area (Å²) in [5.41, 5.74) is 6.35. The van der Waals surface area contributed by atoms with Gasteiger partial charge >= 0.3 is 0 Å². The zero-order valence-corrected chi connectivity index (χ0v) is 7.22. The molecular formula is C6H8BrN3. The Hall–Kier alpha value is -0.640. The fraction of sp³-hybridized carbons (Fsp3) is 0.333. The van der Waals surface area contributed by atoms with E-state index in [9.17, 15) is 0 Å². The van der Waals surface area contributed by atoms with Gasteiger partial charge in [-0.25, -0.2) is 9.97 Å². The molecule has 3 nitrogen and oxygen atoms in total. The third-order valence-corrected chi connectivity index (χ3v) is 1.56. The predicted octanol–water partition coefficient (Wildman–Crippen LogP) is 1.38. The van der Waals surface area contributed by atoms with E-state index in [0.29, 0.717) is 5.82 Å². The van der Waals surface area contributed by atoms with E-state index in [0.717, 1.165) is 16.7 Å². The van der Waals surface area contributed by atoms with E-state index in [2.05, 4.69) is 25.9 Å². The molecule has 54 valence electrons. The first-order valence-corrected chi connectivity index (χ1v) is 3.80. The first-order valence-electron chi connectivity index (χ1n) is 3.01. The van der Waals surface area contributed by atoms with E-state index in [1.54, 1.807) is 6.20 Å². The fourth-order valence-corrected chi connectivity index (χ4v) is 0.989. The van der Waals surface area contributed by atoms with E-state index >= 15 is 0 Å². The van der Waals surface area contributed by atoms with Gasteiger partial charge in [-0.2, -0.15) is 0 Å². The molecule has 0 aliphatic heterocycles. The van der Waals surface area contributed by atoms with Crippen molar-refractivity contribution in [1.82, 2.24) is 9.97 Å². The van der Waals surface area contributed by atoms with Gasteiger partial charge in [0, 0.05) is 0 Å². The number of nitrogen functional groups attached to an aromatic ring is 1. The van der Waals surface area contributed by atoms with E-state index in [4.69, 9.17) is 5.73 Å². The van der Waals surface area contributed by atoms with Crippen LogP contribution < -0.4 is 5.73 Å². The molecule has 1 rings (SSSR count). The lowest BCUT2D eigenvalue weighted by molar-refractivity contribution is 0.993. The summed E-state index contributed by atoms with van der Waals surface area (Å²) in [7, 11) is 0. The van der Waals surface area contributed by atoms with Crippen LogP contribution in [0.3, 0.4) is 0 Å². The molecule has 0 saturated heterocycles. The molecular weight excluding hydrogens is 194 g/mol. The molecule has 0 amide bonds. The summed E-state index contributed by atoms with van der Waals surface area (Å²) in [5.74, 6) is 0.519. The lowest BCUT2D eigenvalue weighted by Crippen LogP contribution is -1.99. The number of aromatic nitrogens is 2. The highest BCUT2D eigenvalue weighted by molar-refractivity contribution is 9.10. The van der Waals surface area contributed by atoms with Crippen molar-refractivity contribution in [1.29, 1.82) is 0 Å². The fourth-order valence-electron chi connectivity index (χ4n) is 0.673. The Morgan fingerprint density at radius 1 is 1.70 bits per heavy atom. The molecule has 0 bridgehead atoms. The normalized spacial score (nSPS) is 9.80. The van der Waals surface area contributed by atoms with Gasteiger partial charge in [0.15, 0.2) is 0 Å². The molecule has 0 aliphatic carbocycles. The van der Waals surface area contributed by atoms with Gasteiger partial charge in [-0.15, -0.1) is 0 Å². The molecule has 0 radical (unpaired) electrons. The largest absolute Gasteiger partial charge is 0.382 e. The van der Waals surface area contributed by atoms with Crippen LogP contribution in [-0.4, -0.2) is 9.97 Å². The van der Waals surface area contributed by atoms with Crippen LogP contribution in [0.2, 0.25) is 0 Å². The Kier molecular flexibility index (Phi) is 2.21. The molecule has 0 saturated carbocycles. The number of nitrogens with two attached hydrogens (primary N) is 1. The van der Waals surface area contributed by atoms with Gasteiger partial charge in [0.1, 0.15) is 10.4 Å². The van der Waals surface area contributed by atoms with Crippen molar-refractivity contribution in [3.05, 3.63) is 16.5 Å². The van der Waals surface area contributed by atoms with Gasteiger partial charge in [-0.05, 0) is 22.4 Å². The topological polar surface area (TPSA) is 51.8 Å². The monoisotopic (exact) mass is 201 g/mol. The molecule has 0 atom stereocenters. The van der Waals surface area contributed by atoms with E-state index < -0.39 is 0 Å². The predicted molar refractivity (Wildman–Crippen MR) is 43.5 cm³/mol. The van der Waals surface area contributed by atoms with Gasteiger partial charge in [0.25, 0.3) is 0 Å². The molecule has 1 aromatic heterocycles. The first kappa shape index (κ1) is 7.47. The van der Waals surface area contributed by atoms with Crippen LogP contribution in [0.25, 0.3) is 0 Å². The number of nitrogens with zero attached hydrogens (tertiary/aromatic N) is 2. The highest BCUT2D eigenvalue weighted by Crippen LogP contribution is 2.10. The summed E-state index contributed by atoms with van der Waals surface area (Å²) in [5, 5.41) is 0. The Balaban J connectivity index is 3.09. The molecule has 0 fully saturated rings. The Bertz CT molecular complexity index is 236. The van der Waals surface area contributed by atoms with Crippen LogP contribution in [0.15, 0.2) is 10.8 Å². The maximum Gasteiger partial charge on any atom is 0.145 e. The molecule has 0 spiro atoms. The summed E-state index contributed by atoms with van der Waals surface area (Å²) in [6.07, 6.45) is 2.41. The summed E-state index contributed by atoms with van der Waals surface area (Å²) in [6.45, 7) is 1.99. The second-order valence-corrected chi connectivity index (χ2v) is 2.69. The van der Waals surface area contributed by atoms with Crippen molar-refractivity contribution in [2.45, 2.75) is 13.3 Å². The van der Waals surface area contributed by atoms with Crippen LogP contribution in [0.5, 0.6) is 0 Å². The first-order chi connectivity index (χ1) is 4.74. The summed E-state index contributed by atoms with van der Waals surface area (Å²) in [6, 6.07) is 0. The standard InChI is InChI=1S/C6H8BrN3/c1-2-4-6(8)9-3-5(7)10-4/h3H,2H2,1H3,(H2,8,9).